The van der Waals surface area contributed by atoms with E-state index in [0.717, 1.165) is 5.57 Å². The zero-order valence-electron chi connectivity index (χ0n) is 12.6. The number of ether oxygens (including phenoxy) is 1. The summed E-state index contributed by atoms with van der Waals surface area (Å²) in [6.07, 6.45) is 0. The minimum atomic E-state index is -0.448. The molecular formula is C15H20N2O4. The van der Waals surface area contributed by atoms with Gasteiger partial charge in [-0.05, 0) is 32.9 Å². The second-order valence-electron chi connectivity index (χ2n) is 4.86. The molecule has 0 saturated heterocycles. The van der Waals surface area contributed by atoms with Crippen molar-refractivity contribution >= 4 is 11.6 Å². The molecule has 21 heavy (non-hydrogen) atoms. The van der Waals surface area contributed by atoms with Crippen molar-refractivity contribution in [2.45, 2.75) is 20.8 Å². The first-order valence-corrected chi connectivity index (χ1v) is 6.65. The van der Waals surface area contributed by atoms with E-state index in [1.807, 2.05) is 13.8 Å². The molecule has 0 heterocycles. The Morgan fingerprint density at radius 3 is 2.62 bits per heavy atom. The molecule has 6 nitrogen and oxygen atoms in total. The first kappa shape index (κ1) is 16.7. The van der Waals surface area contributed by atoms with Gasteiger partial charge in [-0.2, -0.15) is 0 Å². The summed E-state index contributed by atoms with van der Waals surface area (Å²) >= 11 is 0. The van der Waals surface area contributed by atoms with Crippen molar-refractivity contribution in [1.29, 1.82) is 0 Å². The molecule has 6 heteroatoms. The van der Waals surface area contributed by atoms with Crippen LogP contribution in [-0.2, 0) is 4.79 Å². The predicted octanol–water partition coefficient (Wildman–Crippen LogP) is 2.71. The number of likely N-dealkylation sites (N-methyl/N-ethyl adjacent to an activating group) is 1. The normalized spacial score (nSPS) is 10.0. The van der Waals surface area contributed by atoms with Gasteiger partial charge in [0.25, 0.3) is 11.6 Å². The standard InChI is InChI=1S/C15H20N2O4/c1-5-16(9-11(2)3)15(18)10-21-13-6-7-14(17(19)20)12(4)8-13/h6-8H,2,5,9-10H2,1,3-4H3. The minimum absolute atomic E-state index is 0.0335. The van der Waals surface area contributed by atoms with E-state index in [2.05, 4.69) is 6.58 Å². The number of hydrogen-bond donors (Lipinski definition) is 0. The maximum absolute atomic E-state index is 12.0. The van der Waals surface area contributed by atoms with E-state index in [1.165, 1.54) is 12.1 Å². The second kappa shape index (κ2) is 7.42. The molecule has 0 aromatic heterocycles. The Hall–Kier alpha value is -2.37. The van der Waals surface area contributed by atoms with Crippen molar-refractivity contribution < 1.29 is 14.5 Å². The van der Waals surface area contributed by atoms with E-state index in [0.29, 0.717) is 24.4 Å². The number of benzene rings is 1. The van der Waals surface area contributed by atoms with Gasteiger partial charge in [0.2, 0.25) is 0 Å². The van der Waals surface area contributed by atoms with Crippen molar-refractivity contribution in [1.82, 2.24) is 4.90 Å². The molecule has 1 aromatic carbocycles. The number of rotatable bonds is 7. The van der Waals surface area contributed by atoms with Gasteiger partial charge in [0.15, 0.2) is 6.61 Å². The Morgan fingerprint density at radius 2 is 2.14 bits per heavy atom. The number of nitro benzene ring substituents is 1. The lowest BCUT2D eigenvalue weighted by molar-refractivity contribution is -0.385. The first-order chi connectivity index (χ1) is 9.85. The molecule has 0 radical (unpaired) electrons. The summed E-state index contributed by atoms with van der Waals surface area (Å²) in [6, 6.07) is 4.43. The van der Waals surface area contributed by atoms with E-state index >= 15 is 0 Å². The SMILES string of the molecule is C=C(C)CN(CC)C(=O)COc1ccc([N+](=O)[O-])c(C)c1. The highest BCUT2D eigenvalue weighted by molar-refractivity contribution is 5.78. The van der Waals surface area contributed by atoms with Gasteiger partial charge in [0.05, 0.1) is 4.92 Å². The van der Waals surface area contributed by atoms with E-state index in [-0.39, 0.29) is 18.2 Å². The van der Waals surface area contributed by atoms with Crippen LogP contribution < -0.4 is 4.74 Å². The van der Waals surface area contributed by atoms with Gasteiger partial charge in [-0.25, -0.2) is 0 Å². The molecule has 0 aliphatic carbocycles. The number of hydrogen-bond acceptors (Lipinski definition) is 4. The van der Waals surface area contributed by atoms with Crippen LogP contribution in [0.4, 0.5) is 5.69 Å². The minimum Gasteiger partial charge on any atom is -0.484 e. The average molecular weight is 292 g/mol. The number of nitrogens with zero attached hydrogens (tertiary/aromatic N) is 2. The molecule has 1 rings (SSSR count). The van der Waals surface area contributed by atoms with Crippen LogP contribution in [0, 0.1) is 17.0 Å². The third kappa shape index (κ3) is 4.91. The smallest absolute Gasteiger partial charge is 0.272 e. The molecule has 0 aliphatic heterocycles. The molecule has 0 unspecified atom stereocenters. The van der Waals surface area contributed by atoms with Crippen LogP contribution >= 0.6 is 0 Å². The van der Waals surface area contributed by atoms with Gasteiger partial charge >= 0.3 is 0 Å². The van der Waals surface area contributed by atoms with Crippen molar-refractivity contribution in [2.24, 2.45) is 0 Å². The van der Waals surface area contributed by atoms with Crippen molar-refractivity contribution in [3.05, 3.63) is 46.0 Å². The molecule has 114 valence electrons. The van der Waals surface area contributed by atoms with Gasteiger partial charge < -0.3 is 9.64 Å². The van der Waals surface area contributed by atoms with Gasteiger partial charge in [-0.3, -0.25) is 14.9 Å². The Balaban J connectivity index is 2.66. The zero-order chi connectivity index (χ0) is 16.0. The van der Waals surface area contributed by atoms with Crippen LogP contribution in [0.1, 0.15) is 19.4 Å². The van der Waals surface area contributed by atoms with Crippen LogP contribution in [0.5, 0.6) is 5.75 Å². The molecule has 0 aliphatic rings. The monoisotopic (exact) mass is 292 g/mol. The molecule has 1 amide bonds. The first-order valence-electron chi connectivity index (χ1n) is 6.65. The summed E-state index contributed by atoms with van der Waals surface area (Å²) in [7, 11) is 0. The largest absolute Gasteiger partial charge is 0.484 e. The average Bonchev–Trinajstić information content (AvgIpc) is 2.41. The highest BCUT2D eigenvalue weighted by atomic mass is 16.6. The van der Waals surface area contributed by atoms with Gasteiger partial charge in [-0.15, -0.1) is 0 Å². The summed E-state index contributed by atoms with van der Waals surface area (Å²) in [5.74, 6) is 0.300. The maximum Gasteiger partial charge on any atom is 0.272 e. The van der Waals surface area contributed by atoms with Crippen molar-refractivity contribution in [3.63, 3.8) is 0 Å². The highest BCUT2D eigenvalue weighted by Gasteiger charge is 2.14. The topological polar surface area (TPSA) is 72.7 Å². The number of carbonyl (C=O) groups is 1. The summed E-state index contributed by atoms with van der Waals surface area (Å²) in [5.41, 5.74) is 1.43. The molecule has 0 N–H and O–H groups in total. The molecule has 0 spiro atoms. The molecule has 0 fully saturated rings. The van der Waals surface area contributed by atoms with Crippen LogP contribution in [0.2, 0.25) is 0 Å². The van der Waals surface area contributed by atoms with Gasteiger partial charge in [0.1, 0.15) is 5.75 Å². The van der Waals surface area contributed by atoms with E-state index in [4.69, 9.17) is 4.74 Å². The fourth-order valence-corrected chi connectivity index (χ4v) is 1.86. The summed E-state index contributed by atoms with van der Waals surface area (Å²) in [4.78, 5) is 23.9. The van der Waals surface area contributed by atoms with E-state index < -0.39 is 4.92 Å². The third-order valence-electron chi connectivity index (χ3n) is 2.92. The lowest BCUT2D eigenvalue weighted by Crippen LogP contribution is -2.35. The summed E-state index contributed by atoms with van der Waals surface area (Å²) in [5, 5.41) is 10.7. The van der Waals surface area contributed by atoms with E-state index in [9.17, 15) is 14.9 Å². The number of aryl methyl sites for hydroxylation is 1. The maximum atomic E-state index is 12.0. The van der Waals surface area contributed by atoms with Crippen LogP contribution in [0.3, 0.4) is 0 Å². The number of amides is 1. The summed E-state index contributed by atoms with van der Waals surface area (Å²) in [6.45, 7) is 10.1. The zero-order valence-corrected chi connectivity index (χ0v) is 12.6. The summed E-state index contributed by atoms with van der Waals surface area (Å²) < 4.78 is 5.40. The molecule has 0 atom stereocenters. The highest BCUT2D eigenvalue weighted by Crippen LogP contribution is 2.23. The van der Waals surface area contributed by atoms with Gasteiger partial charge in [-0.1, -0.05) is 12.2 Å². The van der Waals surface area contributed by atoms with Crippen LogP contribution in [0.25, 0.3) is 0 Å². The Bertz CT molecular complexity index is 555. The van der Waals surface area contributed by atoms with E-state index in [1.54, 1.807) is 17.9 Å². The molecule has 1 aromatic rings. The van der Waals surface area contributed by atoms with Crippen LogP contribution in [0.15, 0.2) is 30.4 Å². The Morgan fingerprint density at radius 1 is 1.48 bits per heavy atom. The van der Waals surface area contributed by atoms with Gasteiger partial charge in [0, 0.05) is 24.7 Å². The molecule has 0 bridgehead atoms. The third-order valence-corrected chi connectivity index (χ3v) is 2.92. The molecular weight excluding hydrogens is 272 g/mol. The second-order valence-corrected chi connectivity index (χ2v) is 4.86. The van der Waals surface area contributed by atoms with Crippen molar-refractivity contribution in [2.75, 3.05) is 19.7 Å². The Kier molecular flexibility index (Phi) is 5.90. The Labute approximate surface area is 124 Å². The van der Waals surface area contributed by atoms with Crippen molar-refractivity contribution in [3.8, 4) is 5.75 Å². The fourth-order valence-electron chi connectivity index (χ4n) is 1.86. The number of carbonyl (C=O) groups excluding carboxylic acids is 1. The predicted molar refractivity (Wildman–Crippen MR) is 80.4 cm³/mol. The molecule has 0 saturated carbocycles. The van der Waals surface area contributed by atoms with Crippen LogP contribution in [-0.4, -0.2) is 35.4 Å². The lowest BCUT2D eigenvalue weighted by Gasteiger charge is -2.21. The number of nitro groups is 1. The fraction of sp³-hybridized carbons (Fsp3) is 0.400. The lowest BCUT2D eigenvalue weighted by atomic mass is 10.2. The quantitative estimate of drug-likeness (QED) is 0.440.